The van der Waals surface area contributed by atoms with E-state index in [4.69, 9.17) is 4.74 Å². The van der Waals surface area contributed by atoms with Gasteiger partial charge in [-0.25, -0.2) is 4.79 Å². The number of thiophene rings is 1. The lowest BCUT2D eigenvalue weighted by molar-refractivity contribution is 0.0532. The van der Waals surface area contributed by atoms with Gasteiger partial charge in [-0.3, -0.25) is 0 Å². The molecule has 0 saturated heterocycles. The summed E-state index contributed by atoms with van der Waals surface area (Å²) < 4.78 is 7.21. The fourth-order valence-electron chi connectivity index (χ4n) is 2.35. The molecule has 3 rings (SSSR count). The van der Waals surface area contributed by atoms with E-state index in [-0.39, 0.29) is 5.97 Å². The highest BCUT2D eigenvalue weighted by atomic mass is 32.1. The molecule has 0 bridgehead atoms. The first-order valence-corrected chi connectivity index (χ1v) is 7.36. The Hall–Kier alpha value is -2.07. The van der Waals surface area contributed by atoms with Gasteiger partial charge in [0.1, 0.15) is 9.88 Å². The maximum Gasteiger partial charge on any atom is 0.348 e. The number of benzene rings is 1. The zero-order chi connectivity index (χ0) is 14.1. The van der Waals surface area contributed by atoms with E-state index in [0.717, 1.165) is 16.2 Å². The summed E-state index contributed by atoms with van der Waals surface area (Å²) in [7, 11) is 0. The van der Waals surface area contributed by atoms with E-state index in [1.54, 1.807) is 0 Å². The van der Waals surface area contributed by atoms with Gasteiger partial charge in [-0.2, -0.15) is 0 Å². The second-order valence-electron chi connectivity index (χ2n) is 4.54. The summed E-state index contributed by atoms with van der Waals surface area (Å²) >= 11 is 1.46. The summed E-state index contributed by atoms with van der Waals surface area (Å²) in [5.41, 5.74) is 2.31. The molecule has 1 aromatic carbocycles. The average Bonchev–Trinajstić information content (AvgIpc) is 3.01. The molecular formula is C16H15NO2S. The van der Waals surface area contributed by atoms with Crippen molar-refractivity contribution in [1.82, 2.24) is 4.57 Å². The fourth-order valence-corrected chi connectivity index (χ4v) is 3.32. The second-order valence-corrected chi connectivity index (χ2v) is 5.60. The minimum absolute atomic E-state index is 0.252. The molecule has 0 fully saturated rings. The van der Waals surface area contributed by atoms with Crippen LogP contribution in [0.2, 0.25) is 0 Å². The van der Waals surface area contributed by atoms with Crippen LogP contribution in [-0.2, 0) is 4.74 Å². The van der Waals surface area contributed by atoms with Crippen LogP contribution in [-0.4, -0.2) is 17.1 Å². The molecule has 0 aliphatic rings. The first-order chi connectivity index (χ1) is 9.70. The molecule has 0 unspecified atom stereocenters. The van der Waals surface area contributed by atoms with E-state index in [1.165, 1.54) is 16.7 Å². The number of hydrogen-bond donors (Lipinski definition) is 0. The number of carbonyl (C=O) groups excluding carboxylic acids is 1. The van der Waals surface area contributed by atoms with Crippen molar-refractivity contribution in [2.45, 2.75) is 13.8 Å². The highest BCUT2D eigenvalue weighted by Crippen LogP contribution is 2.28. The Morgan fingerprint density at radius 2 is 2.05 bits per heavy atom. The van der Waals surface area contributed by atoms with E-state index in [1.807, 2.05) is 31.2 Å². The molecule has 0 saturated carbocycles. The first kappa shape index (κ1) is 12.9. The Morgan fingerprint density at radius 1 is 1.25 bits per heavy atom. The number of ether oxygens (including phenoxy) is 1. The van der Waals surface area contributed by atoms with Crippen molar-refractivity contribution >= 4 is 28.2 Å². The number of esters is 1. The molecule has 0 aliphatic heterocycles. The molecule has 3 aromatic rings. The quantitative estimate of drug-likeness (QED) is 0.676. The second kappa shape index (κ2) is 5.13. The van der Waals surface area contributed by atoms with Crippen LogP contribution in [0.25, 0.3) is 15.9 Å². The molecule has 0 N–H and O–H groups in total. The summed E-state index contributed by atoms with van der Waals surface area (Å²) in [6, 6.07) is 14.2. The van der Waals surface area contributed by atoms with Gasteiger partial charge in [0.15, 0.2) is 0 Å². The largest absolute Gasteiger partial charge is 0.462 e. The highest BCUT2D eigenvalue weighted by Gasteiger charge is 2.13. The monoisotopic (exact) mass is 285 g/mol. The van der Waals surface area contributed by atoms with Crippen LogP contribution >= 0.6 is 11.3 Å². The Balaban J connectivity index is 2.08. The van der Waals surface area contributed by atoms with Gasteiger partial charge in [0.25, 0.3) is 0 Å². The minimum atomic E-state index is -0.252. The summed E-state index contributed by atoms with van der Waals surface area (Å²) in [5, 5.41) is 2.24. The minimum Gasteiger partial charge on any atom is -0.462 e. The Kier molecular flexibility index (Phi) is 3.32. The van der Waals surface area contributed by atoms with Crippen LogP contribution in [0, 0.1) is 6.92 Å². The zero-order valence-corrected chi connectivity index (χ0v) is 12.2. The van der Waals surface area contributed by atoms with Gasteiger partial charge in [-0.15, -0.1) is 11.3 Å². The number of carbonyl (C=O) groups is 1. The van der Waals surface area contributed by atoms with Gasteiger partial charge in [-0.05, 0) is 38.1 Å². The molecule has 102 valence electrons. The van der Waals surface area contributed by atoms with Gasteiger partial charge in [0.05, 0.1) is 12.1 Å². The van der Waals surface area contributed by atoms with Gasteiger partial charge >= 0.3 is 5.97 Å². The first-order valence-electron chi connectivity index (χ1n) is 6.55. The van der Waals surface area contributed by atoms with Crippen LogP contribution in [0.4, 0.5) is 0 Å². The standard InChI is InChI=1S/C16H15NO2S/c1-3-19-16(18)14-8-9-15(20-14)17-11(2)10-12-6-4-5-7-13(12)17/h4-10H,3H2,1-2H3. The molecular weight excluding hydrogens is 270 g/mol. The number of para-hydroxylation sites is 1. The van der Waals surface area contributed by atoms with Crippen LogP contribution in [0.1, 0.15) is 22.3 Å². The number of nitrogens with zero attached hydrogens (tertiary/aromatic N) is 1. The van der Waals surface area contributed by atoms with Crippen molar-refractivity contribution in [3.05, 3.63) is 53.0 Å². The number of fused-ring (bicyclic) bond motifs is 1. The lowest BCUT2D eigenvalue weighted by atomic mass is 10.2. The van der Waals surface area contributed by atoms with Gasteiger partial charge in [0, 0.05) is 11.1 Å². The van der Waals surface area contributed by atoms with Crippen molar-refractivity contribution in [3.8, 4) is 5.00 Å². The van der Waals surface area contributed by atoms with Crippen LogP contribution in [0.3, 0.4) is 0 Å². The van der Waals surface area contributed by atoms with E-state index in [2.05, 4.69) is 29.7 Å². The molecule has 0 aliphatic carbocycles. The van der Waals surface area contributed by atoms with Crippen molar-refractivity contribution in [1.29, 1.82) is 0 Å². The fraction of sp³-hybridized carbons (Fsp3) is 0.188. The van der Waals surface area contributed by atoms with Crippen LogP contribution in [0.15, 0.2) is 42.5 Å². The normalized spacial score (nSPS) is 10.9. The average molecular weight is 285 g/mol. The van der Waals surface area contributed by atoms with Crippen molar-refractivity contribution in [2.75, 3.05) is 6.61 Å². The molecule has 3 nitrogen and oxygen atoms in total. The van der Waals surface area contributed by atoms with Crippen molar-refractivity contribution in [2.24, 2.45) is 0 Å². The molecule has 4 heteroatoms. The van der Waals surface area contributed by atoms with E-state index < -0.39 is 0 Å². The summed E-state index contributed by atoms with van der Waals surface area (Å²) in [5.74, 6) is -0.252. The Labute approximate surface area is 121 Å². The van der Waals surface area contributed by atoms with E-state index in [9.17, 15) is 4.79 Å². The van der Waals surface area contributed by atoms with Crippen molar-refractivity contribution < 1.29 is 9.53 Å². The summed E-state index contributed by atoms with van der Waals surface area (Å²) in [4.78, 5) is 12.4. The third-order valence-corrected chi connectivity index (χ3v) is 4.23. The van der Waals surface area contributed by atoms with E-state index in [0.29, 0.717) is 11.5 Å². The third-order valence-electron chi connectivity index (χ3n) is 3.18. The van der Waals surface area contributed by atoms with Crippen LogP contribution < -0.4 is 0 Å². The molecule has 0 spiro atoms. The number of aromatic nitrogens is 1. The van der Waals surface area contributed by atoms with Gasteiger partial charge in [-0.1, -0.05) is 18.2 Å². The molecule has 0 radical (unpaired) electrons. The Bertz CT molecular complexity index is 770. The van der Waals surface area contributed by atoms with Gasteiger partial charge in [0.2, 0.25) is 0 Å². The molecule has 20 heavy (non-hydrogen) atoms. The molecule has 0 amide bonds. The lowest BCUT2D eigenvalue weighted by Crippen LogP contribution is -2.01. The molecule has 2 heterocycles. The predicted octanol–water partition coefficient (Wildman–Crippen LogP) is 4.18. The SMILES string of the molecule is CCOC(=O)c1ccc(-n2c(C)cc3ccccc32)s1. The molecule has 2 aromatic heterocycles. The highest BCUT2D eigenvalue weighted by molar-refractivity contribution is 7.16. The third kappa shape index (κ3) is 2.12. The lowest BCUT2D eigenvalue weighted by Gasteiger charge is -2.04. The van der Waals surface area contributed by atoms with E-state index >= 15 is 0 Å². The summed E-state index contributed by atoms with van der Waals surface area (Å²) in [6.45, 7) is 4.29. The number of aryl methyl sites for hydroxylation is 1. The topological polar surface area (TPSA) is 31.2 Å². The maximum absolute atomic E-state index is 11.8. The number of rotatable bonds is 3. The Morgan fingerprint density at radius 3 is 2.85 bits per heavy atom. The number of hydrogen-bond acceptors (Lipinski definition) is 3. The van der Waals surface area contributed by atoms with Crippen LogP contribution in [0.5, 0.6) is 0 Å². The van der Waals surface area contributed by atoms with Crippen molar-refractivity contribution in [3.63, 3.8) is 0 Å². The maximum atomic E-state index is 11.8. The smallest absolute Gasteiger partial charge is 0.348 e. The zero-order valence-electron chi connectivity index (χ0n) is 11.4. The molecule has 0 atom stereocenters. The van der Waals surface area contributed by atoms with Gasteiger partial charge < -0.3 is 9.30 Å². The predicted molar refractivity (Wildman–Crippen MR) is 81.8 cm³/mol. The summed E-state index contributed by atoms with van der Waals surface area (Å²) in [6.07, 6.45) is 0.